The number of rotatable bonds is 6. The van der Waals surface area contributed by atoms with Crippen LogP contribution in [0, 0.1) is 0 Å². The molecule has 0 aliphatic rings. The Hall–Kier alpha value is -6.65. The molecule has 0 amide bonds. The topological polar surface area (TPSA) is 51.8 Å². The van der Waals surface area contributed by atoms with E-state index in [1.54, 1.807) is 24.3 Å². The van der Waals surface area contributed by atoms with Crippen molar-refractivity contribution in [2.75, 3.05) is 0 Å². The maximum atomic E-state index is 8.86. The molecule has 0 radical (unpaired) electrons. The van der Waals surface area contributed by atoms with Crippen LogP contribution in [0.5, 0.6) is 0 Å². The van der Waals surface area contributed by atoms with Gasteiger partial charge in [0.25, 0.3) is 0 Å². The van der Waals surface area contributed by atoms with Gasteiger partial charge in [-0.05, 0) is 33.9 Å². The Bertz CT molecular complexity index is 2850. The molecule has 0 atom stereocenters. The number of aromatic nitrogens is 3. The van der Waals surface area contributed by atoms with Gasteiger partial charge in [0.05, 0.1) is 9.60 Å². The highest BCUT2D eigenvalue weighted by Gasteiger charge is 2.15. The van der Waals surface area contributed by atoms with Crippen LogP contribution in [-0.4, -0.2) is 15.0 Å². The van der Waals surface area contributed by atoms with Gasteiger partial charge in [-0.3, -0.25) is 0 Å². The smallest absolute Gasteiger partial charge is 0.164 e. The second-order valence-electron chi connectivity index (χ2n) is 11.5. The van der Waals surface area contributed by atoms with Crippen LogP contribution in [0.3, 0.4) is 0 Å². The van der Waals surface area contributed by atoms with E-state index < -0.39 is 12.1 Å². The lowest BCUT2D eigenvalue weighted by Gasteiger charge is -2.10. The van der Waals surface area contributed by atoms with E-state index >= 15 is 0 Å². The van der Waals surface area contributed by atoms with Crippen molar-refractivity contribution in [3.63, 3.8) is 0 Å². The zero-order valence-electron chi connectivity index (χ0n) is 33.0. The molecule has 0 bridgehead atoms. The number of nitrogens with zero attached hydrogens (tertiary/aromatic N) is 3. The Labute approximate surface area is 293 Å². The Kier molecular flexibility index (Phi) is 5.47. The van der Waals surface area contributed by atoms with Crippen LogP contribution < -0.4 is 0 Å². The van der Waals surface area contributed by atoms with Gasteiger partial charge < -0.3 is 4.42 Å². The molecule has 0 saturated heterocycles. The van der Waals surface area contributed by atoms with Gasteiger partial charge >= 0.3 is 0 Å². The van der Waals surface area contributed by atoms with E-state index in [1.165, 1.54) is 0 Å². The van der Waals surface area contributed by atoms with Gasteiger partial charge in [0.2, 0.25) is 0 Å². The second kappa shape index (κ2) is 12.2. The van der Waals surface area contributed by atoms with Crippen LogP contribution in [0.4, 0.5) is 0 Å². The third-order valence-electron chi connectivity index (χ3n) is 8.50. The molecule has 0 saturated carbocycles. The molecule has 2 heterocycles. The maximum absolute atomic E-state index is 8.86. The van der Waals surface area contributed by atoms with Crippen molar-refractivity contribution in [2.45, 2.75) is 0 Å². The molecule has 4 heteroatoms. The lowest BCUT2D eigenvalue weighted by molar-refractivity contribution is 0.670. The molecule has 9 aromatic rings. The molecule has 0 N–H and O–H groups in total. The lowest BCUT2D eigenvalue weighted by atomic mass is 10.0. The molecule has 7 aromatic carbocycles. The van der Waals surface area contributed by atoms with Crippen molar-refractivity contribution in [1.82, 2.24) is 15.0 Å². The molecule has 0 aliphatic heterocycles. The van der Waals surface area contributed by atoms with Crippen molar-refractivity contribution in [3.8, 4) is 67.5 Å². The average molecular weight is 635 g/mol. The van der Waals surface area contributed by atoms with E-state index in [4.69, 9.17) is 29.0 Å². The fourth-order valence-electron chi connectivity index (χ4n) is 5.97. The second-order valence-corrected chi connectivity index (χ2v) is 11.5. The van der Waals surface area contributed by atoms with Gasteiger partial charge in [-0.1, -0.05) is 170 Å². The number of benzene rings is 7. The fraction of sp³-hybridized carbons (Fsp3) is 0. The van der Waals surface area contributed by atoms with E-state index in [1.807, 2.05) is 84.9 Å². The van der Waals surface area contributed by atoms with Gasteiger partial charge in [0.1, 0.15) is 11.2 Å². The summed E-state index contributed by atoms with van der Waals surface area (Å²) in [5.74, 6) is 1.40. The third-order valence-corrected chi connectivity index (χ3v) is 8.50. The monoisotopic (exact) mass is 634 g/mol. The number of para-hydroxylation sites is 2. The first-order chi connectivity index (χ1) is 27.2. The Morgan fingerprint density at radius 1 is 0.367 bits per heavy atom. The van der Waals surface area contributed by atoms with Crippen molar-refractivity contribution < 1.29 is 14.0 Å². The van der Waals surface area contributed by atoms with E-state index in [0.29, 0.717) is 28.6 Å². The van der Waals surface area contributed by atoms with Crippen molar-refractivity contribution in [1.29, 1.82) is 0 Å². The highest BCUT2D eigenvalue weighted by Crippen LogP contribution is 2.36. The quantitative estimate of drug-likeness (QED) is 0.183. The molecule has 4 nitrogen and oxygen atoms in total. The predicted molar refractivity (Wildman–Crippen MR) is 200 cm³/mol. The summed E-state index contributed by atoms with van der Waals surface area (Å²) < 4.78 is 65.5. The first kappa shape index (κ1) is 22.0. The molecule has 0 unspecified atom stereocenters. The minimum atomic E-state index is -0.466. The molecule has 0 spiro atoms. The Balaban J connectivity index is 1.16. The Morgan fingerprint density at radius 2 is 0.776 bits per heavy atom. The summed E-state index contributed by atoms with van der Waals surface area (Å²) in [5, 5.41) is 0.0802. The largest absolute Gasteiger partial charge is 0.455 e. The van der Waals surface area contributed by atoms with Crippen LogP contribution in [-0.2, 0) is 0 Å². The summed E-state index contributed by atoms with van der Waals surface area (Å²) in [6, 6.07) is 40.8. The summed E-state index contributed by atoms with van der Waals surface area (Å²) >= 11 is 0. The number of hydrogen-bond acceptors (Lipinski definition) is 4. The molecular weight excluding hydrogens is 599 g/mol. The van der Waals surface area contributed by atoms with E-state index in [-0.39, 0.29) is 57.7 Å². The SMILES string of the molecule is [2H]c1c([2H])c([2H])c2c(oc3c(-c4ccc(-c5nc(-c6ccc(-c7ccccc7)cc6)nc(-c6ccc(-c7ccccc7)cc6)n5)cc4)c([2H])c([2H])c([2H])c32)c1[2H]. The van der Waals surface area contributed by atoms with Crippen LogP contribution in [0.25, 0.3) is 89.5 Å². The first-order valence-corrected chi connectivity index (χ1v) is 15.8. The van der Waals surface area contributed by atoms with Crippen molar-refractivity contribution in [2.24, 2.45) is 0 Å². The summed E-state index contributed by atoms with van der Waals surface area (Å²) in [6.45, 7) is 0. The van der Waals surface area contributed by atoms with Crippen LogP contribution in [0.1, 0.15) is 9.60 Å². The normalized spacial score (nSPS) is 13.3. The highest BCUT2D eigenvalue weighted by molar-refractivity contribution is 6.09. The molecule has 0 aliphatic carbocycles. The number of furan rings is 1. The van der Waals surface area contributed by atoms with Crippen molar-refractivity contribution >= 4 is 21.9 Å². The van der Waals surface area contributed by atoms with Crippen LogP contribution >= 0.6 is 0 Å². The predicted octanol–water partition coefficient (Wildman–Crippen LogP) is 11.8. The van der Waals surface area contributed by atoms with Gasteiger partial charge in [0.15, 0.2) is 17.5 Å². The van der Waals surface area contributed by atoms with Gasteiger partial charge in [-0.2, -0.15) is 0 Å². The van der Waals surface area contributed by atoms with Gasteiger partial charge in [0, 0.05) is 33.0 Å². The molecule has 2 aromatic heterocycles. The molecule has 0 fully saturated rings. The summed E-state index contributed by atoms with van der Waals surface area (Å²) in [6.07, 6.45) is 0. The minimum absolute atomic E-state index is 0.0150. The first-order valence-electron chi connectivity index (χ1n) is 19.3. The van der Waals surface area contributed by atoms with E-state index in [9.17, 15) is 0 Å². The molecular formula is C45H29N3O. The number of fused-ring (bicyclic) bond motifs is 3. The average Bonchev–Trinajstić information content (AvgIpc) is 3.65. The van der Waals surface area contributed by atoms with E-state index in [0.717, 1.165) is 33.4 Å². The van der Waals surface area contributed by atoms with Gasteiger partial charge in [-0.15, -0.1) is 0 Å². The zero-order chi connectivity index (χ0) is 38.7. The molecule has 9 rings (SSSR count). The summed E-state index contributed by atoms with van der Waals surface area (Å²) in [4.78, 5) is 14.8. The van der Waals surface area contributed by atoms with Crippen LogP contribution in [0.15, 0.2) is 180 Å². The van der Waals surface area contributed by atoms with E-state index in [2.05, 4.69) is 24.3 Å². The van der Waals surface area contributed by atoms with Crippen LogP contribution in [0.2, 0.25) is 0 Å². The third kappa shape index (κ3) is 5.45. The summed E-state index contributed by atoms with van der Waals surface area (Å²) in [5.41, 5.74) is 7.24. The fourth-order valence-corrected chi connectivity index (χ4v) is 5.97. The zero-order valence-corrected chi connectivity index (χ0v) is 26.0. The maximum Gasteiger partial charge on any atom is 0.164 e. The minimum Gasteiger partial charge on any atom is -0.455 e. The van der Waals surface area contributed by atoms with Crippen molar-refractivity contribution in [3.05, 3.63) is 176 Å². The highest BCUT2D eigenvalue weighted by atomic mass is 16.3. The number of hydrogen-bond donors (Lipinski definition) is 0. The Morgan fingerprint density at radius 3 is 1.29 bits per heavy atom. The molecule has 230 valence electrons. The standard InChI is InChI=1S/C45H29N3O/c1-3-10-30(11-4-1)32-18-24-35(25-19-32)43-46-44(36-26-20-33(21-27-36)31-12-5-2-6-13-31)48-45(47-43)37-28-22-34(23-29-37)38-15-9-16-40-39-14-7-8-17-41(39)49-42(38)40/h1-29H/i7D,8D,9D,14D,15D,16D,17D. The molecule has 49 heavy (non-hydrogen) atoms. The van der Waals surface area contributed by atoms with Gasteiger partial charge in [-0.25, -0.2) is 15.0 Å². The summed E-state index contributed by atoms with van der Waals surface area (Å²) in [7, 11) is 0. The lowest BCUT2D eigenvalue weighted by Crippen LogP contribution is -2.00.